The molecule has 0 fully saturated rings. The highest BCUT2D eigenvalue weighted by Crippen LogP contribution is 2.24. The van der Waals surface area contributed by atoms with Crippen molar-refractivity contribution in [1.29, 1.82) is 0 Å². The van der Waals surface area contributed by atoms with E-state index < -0.39 is 5.82 Å². The predicted molar refractivity (Wildman–Crippen MR) is 60.3 cm³/mol. The second-order valence-electron chi connectivity index (χ2n) is 3.56. The van der Waals surface area contributed by atoms with Gasteiger partial charge in [0.2, 0.25) is 0 Å². The molecule has 0 spiro atoms. The number of nitrogens with zero attached hydrogens (tertiary/aromatic N) is 2. The molecular weight excluding hydrogens is 223 g/mol. The van der Waals surface area contributed by atoms with Crippen molar-refractivity contribution < 1.29 is 14.2 Å². The van der Waals surface area contributed by atoms with Crippen molar-refractivity contribution >= 4 is 0 Å². The number of aromatic nitrogens is 2. The first-order valence-electron chi connectivity index (χ1n) is 5.32. The molecule has 0 radical (unpaired) electrons. The highest BCUT2D eigenvalue weighted by molar-refractivity contribution is 5.32. The Morgan fingerprint density at radius 1 is 1.47 bits per heavy atom. The lowest BCUT2D eigenvalue weighted by atomic mass is 10.2. The van der Waals surface area contributed by atoms with E-state index in [-0.39, 0.29) is 12.4 Å². The van der Waals surface area contributed by atoms with Crippen molar-refractivity contribution in [2.45, 2.75) is 20.1 Å². The van der Waals surface area contributed by atoms with Crippen molar-refractivity contribution in [3.05, 3.63) is 42.0 Å². The maximum atomic E-state index is 13.5. The molecule has 1 N–H and O–H groups in total. The van der Waals surface area contributed by atoms with Gasteiger partial charge in [0.1, 0.15) is 0 Å². The van der Waals surface area contributed by atoms with Crippen molar-refractivity contribution in [1.82, 2.24) is 9.78 Å². The molecule has 0 aliphatic heterocycles. The van der Waals surface area contributed by atoms with Crippen molar-refractivity contribution in [2.75, 3.05) is 0 Å². The SMILES string of the molecule is CCn1cc(Oc2ccc(CO)cc2F)cn1. The highest BCUT2D eigenvalue weighted by Gasteiger charge is 2.07. The Kier molecular flexibility index (Phi) is 3.39. The molecule has 0 amide bonds. The molecule has 5 heteroatoms. The molecule has 1 heterocycles. The van der Waals surface area contributed by atoms with Crippen LogP contribution in [0.4, 0.5) is 4.39 Å². The van der Waals surface area contributed by atoms with E-state index in [2.05, 4.69) is 5.10 Å². The van der Waals surface area contributed by atoms with Crippen molar-refractivity contribution in [3.8, 4) is 11.5 Å². The number of aliphatic hydroxyl groups is 1. The molecule has 4 nitrogen and oxygen atoms in total. The van der Waals surface area contributed by atoms with Gasteiger partial charge in [0.25, 0.3) is 0 Å². The van der Waals surface area contributed by atoms with Crippen LogP contribution < -0.4 is 4.74 Å². The molecular formula is C12H13FN2O2. The smallest absolute Gasteiger partial charge is 0.166 e. The molecule has 0 bridgehead atoms. The van der Waals surface area contributed by atoms with E-state index in [1.165, 1.54) is 18.3 Å². The van der Waals surface area contributed by atoms with Crippen LogP contribution in [0.5, 0.6) is 11.5 Å². The Morgan fingerprint density at radius 3 is 2.88 bits per heavy atom. The van der Waals surface area contributed by atoms with Gasteiger partial charge in [-0.1, -0.05) is 6.07 Å². The summed E-state index contributed by atoms with van der Waals surface area (Å²) in [4.78, 5) is 0. The number of hydrogen-bond acceptors (Lipinski definition) is 3. The minimum Gasteiger partial charge on any atom is -0.451 e. The van der Waals surface area contributed by atoms with Crippen LogP contribution in [0.3, 0.4) is 0 Å². The Hall–Kier alpha value is -1.88. The number of hydrogen-bond donors (Lipinski definition) is 1. The zero-order chi connectivity index (χ0) is 12.3. The summed E-state index contributed by atoms with van der Waals surface area (Å²) in [7, 11) is 0. The lowest BCUT2D eigenvalue weighted by Crippen LogP contribution is -1.92. The van der Waals surface area contributed by atoms with Gasteiger partial charge < -0.3 is 9.84 Å². The molecule has 2 aromatic rings. The Morgan fingerprint density at radius 2 is 2.29 bits per heavy atom. The summed E-state index contributed by atoms with van der Waals surface area (Å²) in [6.07, 6.45) is 3.22. The van der Waals surface area contributed by atoms with Crippen molar-refractivity contribution in [3.63, 3.8) is 0 Å². The number of ether oxygens (including phenoxy) is 1. The van der Waals surface area contributed by atoms with E-state index in [1.807, 2.05) is 6.92 Å². The van der Waals surface area contributed by atoms with E-state index in [9.17, 15) is 4.39 Å². The van der Waals surface area contributed by atoms with Gasteiger partial charge in [0.05, 0.1) is 19.0 Å². The lowest BCUT2D eigenvalue weighted by molar-refractivity contribution is 0.281. The van der Waals surface area contributed by atoms with Crippen LogP contribution in [0.15, 0.2) is 30.6 Å². The fourth-order valence-corrected chi connectivity index (χ4v) is 1.42. The molecule has 0 saturated carbocycles. The lowest BCUT2D eigenvalue weighted by Gasteiger charge is -2.05. The molecule has 0 saturated heterocycles. The maximum absolute atomic E-state index is 13.5. The fourth-order valence-electron chi connectivity index (χ4n) is 1.42. The predicted octanol–water partition coefficient (Wildman–Crippen LogP) is 2.33. The van der Waals surface area contributed by atoms with Crippen LogP contribution in [0, 0.1) is 5.82 Å². The van der Waals surface area contributed by atoms with Crippen LogP contribution in [0.25, 0.3) is 0 Å². The molecule has 90 valence electrons. The van der Waals surface area contributed by atoms with Gasteiger partial charge in [0.15, 0.2) is 17.3 Å². The Balaban J connectivity index is 2.18. The normalized spacial score (nSPS) is 10.5. The third-order valence-corrected chi connectivity index (χ3v) is 2.34. The standard InChI is InChI=1S/C12H13FN2O2/c1-2-15-7-10(6-14-15)17-12-4-3-9(8-16)5-11(12)13/h3-7,16H,2,8H2,1H3. The molecule has 0 unspecified atom stereocenters. The van der Waals surface area contributed by atoms with Crippen LogP contribution in [-0.4, -0.2) is 14.9 Å². The first-order valence-corrected chi connectivity index (χ1v) is 5.32. The zero-order valence-electron chi connectivity index (χ0n) is 9.43. The molecule has 0 aliphatic rings. The minimum atomic E-state index is -0.499. The molecule has 1 aromatic heterocycles. The fraction of sp³-hybridized carbons (Fsp3) is 0.250. The number of rotatable bonds is 4. The van der Waals surface area contributed by atoms with Gasteiger partial charge in [0, 0.05) is 6.54 Å². The van der Waals surface area contributed by atoms with Crippen LogP contribution in [0.1, 0.15) is 12.5 Å². The van der Waals surface area contributed by atoms with Gasteiger partial charge in [-0.3, -0.25) is 4.68 Å². The van der Waals surface area contributed by atoms with Gasteiger partial charge in [-0.15, -0.1) is 0 Å². The topological polar surface area (TPSA) is 47.3 Å². The first-order chi connectivity index (χ1) is 8.22. The van der Waals surface area contributed by atoms with Crippen LogP contribution in [-0.2, 0) is 13.2 Å². The van der Waals surface area contributed by atoms with Gasteiger partial charge in [-0.25, -0.2) is 4.39 Å². The number of benzene rings is 1. The zero-order valence-corrected chi connectivity index (χ0v) is 9.43. The summed E-state index contributed by atoms with van der Waals surface area (Å²) < 4.78 is 20.6. The molecule has 0 atom stereocenters. The van der Waals surface area contributed by atoms with E-state index >= 15 is 0 Å². The van der Waals surface area contributed by atoms with Crippen molar-refractivity contribution in [2.24, 2.45) is 0 Å². The molecule has 2 rings (SSSR count). The summed E-state index contributed by atoms with van der Waals surface area (Å²) in [5.74, 6) is 0.112. The minimum absolute atomic E-state index is 0.123. The average Bonchev–Trinajstić information content (AvgIpc) is 2.79. The average molecular weight is 236 g/mol. The van der Waals surface area contributed by atoms with Crippen LogP contribution in [0.2, 0.25) is 0 Å². The molecule has 1 aromatic carbocycles. The summed E-state index contributed by atoms with van der Waals surface area (Å²) in [5.41, 5.74) is 0.513. The summed E-state index contributed by atoms with van der Waals surface area (Å²) in [6, 6.07) is 4.35. The van der Waals surface area contributed by atoms with Gasteiger partial charge >= 0.3 is 0 Å². The highest BCUT2D eigenvalue weighted by atomic mass is 19.1. The van der Waals surface area contributed by atoms with E-state index in [1.54, 1.807) is 16.9 Å². The van der Waals surface area contributed by atoms with Gasteiger partial charge in [-0.2, -0.15) is 5.10 Å². The van der Waals surface area contributed by atoms with E-state index in [0.29, 0.717) is 11.3 Å². The Labute approximate surface area is 98.3 Å². The second kappa shape index (κ2) is 4.97. The summed E-state index contributed by atoms with van der Waals surface area (Å²) >= 11 is 0. The Bertz CT molecular complexity index is 511. The number of halogens is 1. The summed E-state index contributed by atoms with van der Waals surface area (Å²) in [6.45, 7) is 2.49. The second-order valence-corrected chi connectivity index (χ2v) is 3.56. The quantitative estimate of drug-likeness (QED) is 0.886. The van der Waals surface area contributed by atoms with Crippen LogP contribution >= 0.6 is 0 Å². The number of aliphatic hydroxyl groups excluding tert-OH is 1. The third kappa shape index (κ3) is 2.62. The van der Waals surface area contributed by atoms with E-state index in [0.717, 1.165) is 6.54 Å². The number of aryl methyl sites for hydroxylation is 1. The molecule has 0 aliphatic carbocycles. The summed E-state index contributed by atoms with van der Waals surface area (Å²) in [5, 5.41) is 12.9. The monoisotopic (exact) mass is 236 g/mol. The van der Waals surface area contributed by atoms with E-state index in [4.69, 9.17) is 9.84 Å². The third-order valence-electron chi connectivity index (χ3n) is 2.34. The first kappa shape index (κ1) is 11.6. The maximum Gasteiger partial charge on any atom is 0.166 e. The largest absolute Gasteiger partial charge is 0.451 e. The molecule has 17 heavy (non-hydrogen) atoms. The van der Waals surface area contributed by atoms with Gasteiger partial charge in [-0.05, 0) is 24.6 Å².